The molecule has 1 aromatic rings. The molecule has 1 N–H and O–H groups in total. The van der Waals surface area contributed by atoms with Crippen LogP contribution in [0.15, 0.2) is 18.4 Å². The second kappa shape index (κ2) is 6.57. The summed E-state index contributed by atoms with van der Waals surface area (Å²) in [6.45, 7) is 8.18. The molecule has 19 heavy (non-hydrogen) atoms. The van der Waals surface area contributed by atoms with Gasteiger partial charge in [-0.05, 0) is 45.9 Å². The van der Waals surface area contributed by atoms with Crippen LogP contribution in [0, 0.1) is 0 Å². The van der Waals surface area contributed by atoms with Gasteiger partial charge in [-0.25, -0.2) is 4.98 Å². The molecule has 4 nitrogen and oxygen atoms in total. The molecule has 1 amide bonds. The highest BCUT2D eigenvalue weighted by Crippen LogP contribution is 2.14. The number of aromatic nitrogens is 1. The molecular weight excluding hydrogens is 264 g/mol. The molecular formula is C14H19ClN2O2. The number of nitrogens with zero attached hydrogens (tertiary/aromatic N) is 1. The number of nitrogens with one attached hydrogen (secondary N) is 1. The summed E-state index contributed by atoms with van der Waals surface area (Å²) in [4.78, 5) is 16.2. The van der Waals surface area contributed by atoms with Gasteiger partial charge in [0.15, 0.2) is 0 Å². The lowest BCUT2D eigenvalue weighted by atomic mass is 10.1. The van der Waals surface area contributed by atoms with Crippen molar-refractivity contribution in [2.75, 3.05) is 6.61 Å². The van der Waals surface area contributed by atoms with Gasteiger partial charge in [0.1, 0.15) is 10.8 Å². The third-order valence-electron chi connectivity index (χ3n) is 2.11. The van der Waals surface area contributed by atoms with Crippen molar-refractivity contribution in [3.8, 4) is 0 Å². The van der Waals surface area contributed by atoms with Crippen LogP contribution >= 0.6 is 11.6 Å². The Bertz CT molecular complexity index is 479. The van der Waals surface area contributed by atoms with Crippen LogP contribution in [0.4, 0.5) is 0 Å². The highest BCUT2D eigenvalue weighted by Gasteiger charge is 2.18. The van der Waals surface area contributed by atoms with E-state index in [1.165, 1.54) is 0 Å². The first-order chi connectivity index (χ1) is 8.83. The molecule has 0 saturated carbocycles. The van der Waals surface area contributed by atoms with E-state index >= 15 is 0 Å². The molecule has 0 fully saturated rings. The van der Waals surface area contributed by atoms with Crippen molar-refractivity contribution in [3.63, 3.8) is 0 Å². The Kier molecular flexibility index (Phi) is 5.36. The number of carbonyl (C=O) groups excluding carboxylic acids is 1. The lowest BCUT2D eigenvalue weighted by Crippen LogP contribution is -2.41. The van der Waals surface area contributed by atoms with Crippen molar-refractivity contribution in [1.29, 1.82) is 0 Å². The van der Waals surface area contributed by atoms with E-state index in [0.717, 1.165) is 0 Å². The summed E-state index contributed by atoms with van der Waals surface area (Å²) in [5.74, 6) is -0.258. The van der Waals surface area contributed by atoms with Gasteiger partial charge in [-0.1, -0.05) is 11.6 Å². The smallest absolute Gasteiger partial charge is 0.270 e. The molecule has 104 valence electrons. The Morgan fingerprint density at radius 3 is 2.74 bits per heavy atom. The van der Waals surface area contributed by atoms with Crippen molar-refractivity contribution >= 4 is 23.6 Å². The molecule has 0 aliphatic rings. The molecule has 1 rings (SSSR count). The predicted octanol–water partition coefficient (Wildman–Crippen LogP) is 3.27. The van der Waals surface area contributed by atoms with Crippen LogP contribution in [-0.2, 0) is 4.74 Å². The maximum atomic E-state index is 12.2. The molecule has 0 aromatic carbocycles. The maximum Gasteiger partial charge on any atom is 0.270 e. The van der Waals surface area contributed by atoms with Crippen molar-refractivity contribution in [1.82, 2.24) is 10.3 Å². The molecule has 0 aliphatic carbocycles. The van der Waals surface area contributed by atoms with E-state index in [1.807, 2.05) is 27.7 Å². The lowest BCUT2D eigenvalue weighted by molar-refractivity contribution is 0.0914. The number of carbonyl (C=O) groups is 1. The van der Waals surface area contributed by atoms with Crippen molar-refractivity contribution in [2.24, 2.45) is 0 Å². The first-order valence-electron chi connectivity index (χ1n) is 6.10. The standard InChI is InChI=1S/C14H19ClN2O2/c1-5-19-9-8-10-6-7-11(15)16-12(10)13(18)17-14(2,3)4/h6-9H,5H2,1-4H3,(H,17,18)/b9-8+. The number of hydrogen-bond acceptors (Lipinski definition) is 3. The van der Waals surface area contributed by atoms with Crippen LogP contribution in [0.3, 0.4) is 0 Å². The molecule has 0 atom stereocenters. The Balaban J connectivity index is 3.03. The predicted molar refractivity (Wildman–Crippen MR) is 77.1 cm³/mol. The average Bonchev–Trinajstić information content (AvgIpc) is 2.29. The fourth-order valence-electron chi connectivity index (χ4n) is 1.38. The van der Waals surface area contributed by atoms with E-state index in [9.17, 15) is 4.79 Å². The number of hydrogen-bond donors (Lipinski definition) is 1. The summed E-state index contributed by atoms with van der Waals surface area (Å²) < 4.78 is 5.13. The topological polar surface area (TPSA) is 51.2 Å². The van der Waals surface area contributed by atoms with Gasteiger partial charge in [0.2, 0.25) is 0 Å². The van der Waals surface area contributed by atoms with Crippen LogP contribution in [-0.4, -0.2) is 23.0 Å². The van der Waals surface area contributed by atoms with E-state index < -0.39 is 0 Å². The monoisotopic (exact) mass is 282 g/mol. The minimum absolute atomic E-state index is 0.258. The Labute approximate surface area is 118 Å². The molecule has 0 radical (unpaired) electrons. The number of halogens is 1. The Hall–Kier alpha value is -1.55. The number of pyridine rings is 1. The summed E-state index contributed by atoms with van der Waals surface area (Å²) in [6, 6.07) is 3.38. The molecule has 0 aliphatic heterocycles. The minimum atomic E-state index is -0.331. The number of ether oxygens (including phenoxy) is 1. The number of amides is 1. The summed E-state index contributed by atoms with van der Waals surface area (Å²) in [6.07, 6.45) is 3.24. The fraction of sp³-hybridized carbons (Fsp3) is 0.429. The van der Waals surface area contributed by atoms with Crippen LogP contribution in [0.1, 0.15) is 43.7 Å². The molecule has 1 heterocycles. The first-order valence-corrected chi connectivity index (χ1v) is 6.48. The van der Waals surface area contributed by atoms with E-state index in [1.54, 1.807) is 24.5 Å². The third kappa shape index (κ3) is 5.30. The molecule has 0 spiro atoms. The van der Waals surface area contributed by atoms with Gasteiger partial charge < -0.3 is 10.1 Å². The van der Waals surface area contributed by atoms with Gasteiger partial charge >= 0.3 is 0 Å². The fourth-order valence-corrected chi connectivity index (χ4v) is 1.53. The van der Waals surface area contributed by atoms with Crippen molar-refractivity contribution in [2.45, 2.75) is 33.2 Å². The first kappa shape index (κ1) is 15.5. The minimum Gasteiger partial charge on any atom is -0.501 e. The largest absolute Gasteiger partial charge is 0.501 e. The summed E-state index contributed by atoms with van der Waals surface area (Å²) in [5.41, 5.74) is 0.625. The molecule has 0 unspecified atom stereocenters. The van der Waals surface area contributed by atoms with E-state index in [2.05, 4.69) is 10.3 Å². The quantitative estimate of drug-likeness (QED) is 0.681. The summed E-state index contributed by atoms with van der Waals surface area (Å²) >= 11 is 5.85. The molecule has 0 saturated heterocycles. The molecule has 5 heteroatoms. The van der Waals surface area contributed by atoms with Crippen LogP contribution in [0.25, 0.3) is 6.08 Å². The van der Waals surface area contributed by atoms with Crippen LogP contribution in [0.5, 0.6) is 0 Å². The van der Waals surface area contributed by atoms with E-state index in [0.29, 0.717) is 17.9 Å². The van der Waals surface area contributed by atoms with E-state index in [-0.39, 0.29) is 16.6 Å². The van der Waals surface area contributed by atoms with Crippen LogP contribution < -0.4 is 5.32 Å². The second-order valence-corrected chi connectivity index (χ2v) is 5.42. The van der Waals surface area contributed by atoms with E-state index in [4.69, 9.17) is 16.3 Å². The van der Waals surface area contributed by atoms with Gasteiger partial charge in [0.25, 0.3) is 5.91 Å². The normalized spacial score (nSPS) is 11.6. The zero-order valence-corrected chi connectivity index (χ0v) is 12.4. The average molecular weight is 283 g/mol. The van der Waals surface area contributed by atoms with Gasteiger partial charge in [-0.2, -0.15) is 0 Å². The SMILES string of the molecule is CCO/C=C/c1ccc(Cl)nc1C(=O)NC(C)(C)C. The third-order valence-corrected chi connectivity index (χ3v) is 2.32. The molecule has 1 aromatic heterocycles. The van der Waals surface area contributed by atoms with Gasteiger partial charge in [0, 0.05) is 11.1 Å². The lowest BCUT2D eigenvalue weighted by Gasteiger charge is -2.20. The van der Waals surface area contributed by atoms with Crippen molar-refractivity contribution in [3.05, 3.63) is 34.8 Å². The number of rotatable bonds is 4. The zero-order valence-electron chi connectivity index (χ0n) is 11.7. The Morgan fingerprint density at radius 1 is 1.47 bits per heavy atom. The summed E-state index contributed by atoms with van der Waals surface area (Å²) in [5, 5.41) is 3.14. The maximum absolute atomic E-state index is 12.2. The highest BCUT2D eigenvalue weighted by atomic mass is 35.5. The Morgan fingerprint density at radius 2 is 2.16 bits per heavy atom. The van der Waals surface area contributed by atoms with Gasteiger partial charge in [0.05, 0.1) is 12.9 Å². The van der Waals surface area contributed by atoms with Crippen LogP contribution in [0.2, 0.25) is 5.15 Å². The second-order valence-electron chi connectivity index (χ2n) is 5.03. The van der Waals surface area contributed by atoms with Gasteiger partial charge in [-0.3, -0.25) is 4.79 Å². The summed E-state index contributed by atoms with van der Waals surface area (Å²) in [7, 11) is 0. The van der Waals surface area contributed by atoms with Gasteiger partial charge in [-0.15, -0.1) is 0 Å². The zero-order chi connectivity index (χ0) is 14.5. The van der Waals surface area contributed by atoms with Crippen molar-refractivity contribution < 1.29 is 9.53 Å². The highest BCUT2D eigenvalue weighted by molar-refractivity contribution is 6.29. The molecule has 0 bridgehead atoms.